The zero-order chi connectivity index (χ0) is 19.9. The predicted molar refractivity (Wildman–Crippen MR) is 114 cm³/mol. The molecule has 0 unspecified atom stereocenters. The summed E-state index contributed by atoms with van der Waals surface area (Å²) in [5, 5.41) is 4.69. The molecule has 0 radical (unpaired) electrons. The van der Waals surface area contributed by atoms with Crippen molar-refractivity contribution in [2.24, 2.45) is 0 Å². The minimum Gasteiger partial charge on any atom is -0.489 e. The summed E-state index contributed by atoms with van der Waals surface area (Å²) < 4.78 is 7.69. The SMILES string of the molecule is Clc1ccn(Cc2ccc(COc3ccc(C#Cc4cccnc4)cc3)cc2)n1. The molecule has 29 heavy (non-hydrogen) atoms. The van der Waals surface area contributed by atoms with Crippen molar-refractivity contribution in [3.05, 3.63) is 113 Å². The van der Waals surface area contributed by atoms with Gasteiger partial charge in [0.15, 0.2) is 5.15 Å². The molecule has 0 N–H and O–H groups in total. The lowest BCUT2D eigenvalue weighted by Crippen LogP contribution is -2.01. The van der Waals surface area contributed by atoms with Crippen molar-refractivity contribution in [3.63, 3.8) is 0 Å². The molecule has 0 fully saturated rings. The van der Waals surface area contributed by atoms with Crippen molar-refractivity contribution in [1.82, 2.24) is 14.8 Å². The molecule has 0 aliphatic heterocycles. The zero-order valence-electron chi connectivity index (χ0n) is 15.6. The number of rotatable bonds is 5. The van der Waals surface area contributed by atoms with Gasteiger partial charge in [-0.3, -0.25) is 9.67 Å². The summed E-state index contributed by atoms with van der Waals surface area (Å²) in [7, 11) is 0. The Kier molecular flexibility index (Phi) is 5.89. The highest BCUT2D eigenvalue weighted by molar-refractivity contribution is 6.29. The van der Waals surface area contributed by atoms with E-state index in [-0.39, 0.29) is 0 Å². The lowest BCUT2D eigenvalue weighted by atomic mass is 10.1. The highest BCUT2D eigenvalue weighted by Gasteiger charge is 2.00. The molecule has 0 bridgehead atoms. The van der Waals surface area contributed by atoms with Crippen LogP contribution >= 0.6 is 11.6 Å². The van der Waals surface area contributed by atoms with Crippen molar-refractivity contribution in [2.75, 3.05) is 0 Å². The summed E-state index contributed by atoms with van der Waals surface area (Å²) in [5.74, 6) is 7.04. The van der Waals surface area contributed by atoms with E-state index in [1.54, 1.807) is 18.5 Å². The third-order valence-electron chi connectivity index (χ3n) is 4.25. The molecule has 4 aromatic rings. The molecule has 5 heteroatoms. The first-order valence-electron chi connectivity index (χ1n) is 9.16. The molecule has 0 amide bonds. The van der Waals surface area contributed by atoms with Gasteiger partial charge in [0.25, 0.3) is 0 Å². The number of hydrogen-bond acceptors (Lipinski definition) is 3. The Morgan fingerprint density at radius 3 is 2.31 bits per heavy atom. The van der Waals surface area contributed by atoms with Crippen molar-refractivity contribution in [2.45, 2.75) is 13.2 Å². The highest BCUT2D eigenvalue weighted by Crippen LogP contribution is 2.15. The Bertz CT molecular complexity index is 1120. The molecule has 2 heterocycles. The average molecular weight is 400 g/mol. The van der Waals surface area contributed by atoms with Crippen molar-refractivity contribution >= 4 is 11.6 Å². The summed E-state index contributed by atoms with van der Waals surface area (Å²) >= 11 is 5.85. The first-order chi connectivity index (χ1) is 14.2. The van der Waals surface area contributed by atoms with E-state index in [9.17, 15) is 0 Å². The van der Waals surface area contributed by atoms with Crippen LogP contribution in [-0.4, -0.2) is 14.8 Å². The molecule has 4 rings (SSSR count). The van der Waals surface area contributed by atoms with Crippen molar-refractivity contribution in [3.8, 4) is 17.6 Å². The van der Waals surface area contributed by atoms with Crippen LogP contribution in [0, 0.1) is 11.8 Å². The standard InChI is InChI=1S/C24H18ClN3O/c25-24-13-15-28(27-24)17-21-5-7-22(8-6-21)18-29-23-11-9-19(10-12-23)3-4-20-2-1-14-26-16-20/h1-2,5-16H,17-18H2. The van der Waals surface area contributed by atoms with Gasteiger partial charge in [0.1, 0.15) is 12.4 Å². The Morgan fingerprint density at radius 2 is 1.62 bits per heavy atom. The summed E-state index contributed by atoms with van der Waals surface area (Å²) in [4.78, 5) is 4.06. The van der Waals surface area contributed by atoms with Gasteiger partial charge in [-0.2, -0.15) is 5.10 Å². The normalized spacial score (nSPS) is 10.2. The van der Waals surface area contributed by atoms with Crippen LogP contribution in [0.1, 0.15) is 22.3 Å². The van der Waals surface area contributed by atoms with Crippen LogP contribution in [0.5, 0.6) is 5.75 Å². The van der Waals surface area contributed by atoms with E-state index in [1.165, 1.54) is 0 Å². The molecule has 0 atom stereocenters. The number of pyridine rings is 1. The third-order valence-corrected chi connectivity index (χ3v) is 4.45. The Hall–Kier alpha value is -3.55. The van der Waals surface area contributed by atoms with E-state index in [4.69, 9.17) is 16.3 Å². The molecular formula is C24H18ClN3O. The Labute approximate surface area is 174 Å². The number of halogens is 1. The molecule has 4 nitrogen and oxygen atoms in total. The maximum absolute atomic E-state index is 5.88. The summed E-state index contributed by atoms with van der Waals surface area (Å²) in [6.45, 7) is 1.20. The number of aromatic nitrogens is 3. The summed E-state index contributed by atoms with van der Waals surface area (Å²) in [6, 6.07) is 21.6. The fourth-order valence-electron chi connectivity index (χ4n) is 2.74. The van der Waals surface area contributed by atoms with Crippen molar-refractivity contribution in [1.29, 1.82) is 0 Å². The van der Waals surface area contributed by atoms with Gasteiger partial charge in [0.2, 0.25) is 0 Å². The van der Waals surface area contributed by atoms with Gasteiger partial charge in [-0.15, -0.1) is 0 Å². The molecule has 2 aromatic carbocycles. The van der Waals surface area contributed by atoms with Crippen LogP contribution in [0.4, 0.5) is 0 Å². The van der Waals surface area contributed by atoms with Crippen LogP contribution in [0.2, 0.25) is 5.15 Å². The van der Waals surface area contributed by atoms with Gasteiger partial charge in [0.05, 0.1) is 6.54 Å². The second-order valence-electron chi connectivity index (χ2n) is 6.46. The maximum atomic E-state index is 5.88. The van der Waals surface area contributed by atoms with Crippen LogP contribution in [0.3, 0.4) is 0 Å². The van der Waals surface area contributed by atoms with Crippen molar-refractivity contribution < 1.29 is 4.74 Å². The molecule has 0 aliphatic rings. The smallest absolute Gasteiger partial charge is 0.151 e. The predicted octanol–water partition coefficient (Wildman–Crippen LogP) is 4.96. The first-order valence-corrected chi connectivity index (χ1v) is 9.54. The third kappa shape index (κ3) is 5.47. The fourth-order valence-corrected chi connectivity index (χ4v) is 2.89. The van der Waals surface area contributed by atoms with E-state index in [1.807, 2.05) is 47.3 Å². The topological polar surface area (TPSA) is 39.9 Å². The van der Waals surface area contributed by atoms with Gasteiger partial charge in [-0.25, -0.2) is 0 Å². The number of benzene rings is 2. The van der Waals surface area contributed by atoms with Gasteiger partial charge in [0, 0.05) is 29.7 Å². The average Bonchev–Trinajstić information content (AvgIpc) is 3.18. The van der Waals surface area contributed by atoms with Gasteiger partial charge in [-0.05, 0) is 53.6 Å². The largest absolute Gasteiger partial charge is 0.489 e. The number of hydrogen-bond donors (Lipinski definition) is 0. The molecule has 0 saturated heterocycles. The lowest BCUT2D eigenvalue weighted by molar-refractivity contribution is 0.306. The van der Waals surface area contributed by atoms with Crippen LogP contribution < -0.4 is 4.74 Å². The minimum absolute atomic E-state index is 0.504. The minimum atomic E-state index is 0.504. The Morgan fingerprint density at radius 1 is 0.862 bits per heavy atom. The number of nitrogens with zero attached hydrogens (tertiary/aromatic N) is 3. The Balaban J connectivity index is 1.31. The van der Waals surface area contributed by atoms with Crippen LogP contribution in [-0.2, 0) is 13.2 Å². The molecule has 0 spiro atoms. The van der Waals surface area contributed by atoms with Crippen LogP contribution in [0.15, 0.2) is 85.3 Å². The summed E-state index contributed by atoms with van der Waals surface area (Å²) in [6.07, 6.45) is 5.35. The van der Waals surface area contributed by atoms with E-state index in [0.29, 0.717) is 18.3 Å². The molecule has 0 aliphatic carbocycles. The first kappa shape index (κ1) is 18.8. The molecule has 142 valence electrons. The molecule has 2 aromatic heterocycles. The highest BCUT2D eigenvalue weighted by atomic mass is 35.5. The zero-order valence-corrected chi connectivity index (χ0v) is 16.4. The number of ether oxygens (including phenoxy) is 1. The van der Waals surface area contributed by atoms with E-state index < -0.39 is 0 Å². The monoisotopic (exact) mass is 399 g/mol. The lowest BCUT2D eigenvalue weighted by Gasteiger charge is -2.08. The van der Waals surface area contributed by atoms with E-state index >= 15 is 0 Å². The second kappa shape index (κ2) is 9.09. The second-order valence-corrected chi connectivity index (χ2v) is 6.84. The van der Waals surface area contributed by atoms with E-state index in [2.05, 4.69) is 46.2 Å². The quantitative estimate of drug-likeness (QED) is 0.445. The van der Waals surface area contributed by atoms with Gasteiger partial charge >= 0.3 is 0 Å². The fraction of sp³-hybridized carbons (Fsp3) is 0.0833. The molecule has 0 saturated carbocycles. The van der Waals surface area contributed by atoms with Crippen LogP contribution in [0.25, 0.3) is 0 Å². The molecular weight excluding hydrogens is 382 g/mol. The van der Waals surface area contributed by atoms with E-state index in [0.717, 1.165) is 28.0 Å². The maximum Gasteiger partial charge on any atom is 0.151 e. The van der Waals surface area contributed by atoms with Gasteiger partial charge < -0.3 is 4.74 Å². The van der Waals surface area contributed by atoms with Gasteiger partial charge in [-0.1, -0.05) is 47.7 Å². The summed E-state index contributed by atoms with van der Waals surface area (Å²) in [5.41, 5.74) is 4.09.